The fraction of sp³-hybridized carbons (Fsp3) is 0.600. The minimum absolute atomic E-state index is 0.192. The number of unbranched alkanes of at least 4 members (excludes halogenated alkanes) is 2. The Bertz CT molecular complexity index is 424. The van der Waals surface area contributed by atoms with Crippen LogP contribution in [0.5, 0.6) is 5.75 Å². The maximum Gasteiger partial charge on any atom is 0.119 e. The zero-order valence-electron chi connectivity index (χ0n) is 14.9. The third kappa shape index (κ3) is 8.23. The zero-order valence-corrected chi connectivity index (χ0v) is 14.9. The fourth-order valence-corrected chi connectivity index (χ4v) is 2.06. The van der Waals surface area contributed by atoms with Gasteiger partial charge in [0.15, 0.2) is 0 Å². The van der Waals surface area contributed by atoms with Crippen molar-refractivity contribution in [2.45, 2.75) is 65.4 Å². The SMILES string of the molecule is CC(C)OCCCCC=CCOc1ccc(C(C)(C)C)cc1. The van der Waals surface area contributed by atoms with Crippen LogP contribution in [0.2, 0.25) is 0 Å². The van der Waals surface area contributed by atoms with Crippen LogP contribution < -0.4 is 4.74 Å². The number of hydrogen-bond donors (Lipinski definition) is 0. The van der Waals surface area contributed by atoms with Crippen molar-refractivity contribution in [1.29, 1.82) is 0 Å². The van der Waals surface area contributed by atoms with E-state index in [4.69, 9.17) is 9.47 Å². The van der Waals surface area contributed by atoms with Crippen molar-refractivity contribution < 1.29 is 9.47 Å². The minimum Gasteiger partial charge on any atom is -0.490 e. The smallest absolute Gasteiger partial charge is 0.119 e. The highest BCUT2D eigenvalue weighted by Gasteiger charge is 2.12. The minimum atomic E-state index is 0.192. The molecule has 0 aromatic heterocycles. The Morgan fingerprint density at radius 2 is 1.68 bits per heavy atom. The van der Waals surface area contributed by atoms with Crippen molar-refractivity contribution in [1.82, 2.24) is 0 Å². The molecule has 0 aliphatic heterocycles. The summed E-state index contributed by atoms with van der Waals surface area (Å²) in [7, 11) is 0. The topological polar surface area (TPSA) is 18.5 Å². The van der Waals surface area contributed by atoms with Crippen molar-refractivity contribution in [3.8, 4) is 5.75 Å². The molecule has 22 heavy (non-hydrogen) atoms. The zero-order chi connectivity index (χ0) is 16.4. The molecule has 124 valence electrons. The Morgan fingerprint density at radius 1 is 1.00 bits per heavy atom. The van der Waals surface area contributed by atoms with Crippen LogP contribution in [-0.4, -0.2) is 19.3 Å². The maximum atomic E-state index is 5.72. The van der Waals surface area contributed by atoms with Crippen LogP contribution in [0.1, 0.15) is 59.4 Å². The van der Waals surface area contributed by atoms with Gasteiger partial charge in [0.05, 0.1) is 6.10 Å². The number of allylic oxidation sites excluding steroid dienone is 1. The van der Waals surface area contributed by atoms with Crippen LogP contribution in [0.3, 0.4) is 0 Å². The van der Waals surface area contributed by atoms with E-state index in [1.807, 2.05) is 0 Å². The Morgan fingerprint density at radius 3 is 2.27 bits per heavy atom. The number of rotatable bonds is 9. The van der Waals surface area contributed by atoms with E-state index in [2.05, 4.69) is 71.0 Å². The van der Waals surface area contributed by atoms with Gasteiger partial charge in [-0.3, -0.25) is 0 Å². The molecule has 2 nitrogen and oxygen atoms in total. The fourth-order valence-electron chi connectivity index (χ4n) is 2.06. The lowest BCUT2D eigenvalue weighted by Crippen LogP contribution is -2.10. The molecule has 0 saturated heterocycles. The maximum absolute atomic E-state index is 5.72. The Balaban J connectivity index is 2.15. The van der Waals surface area contributed by atoms with Crippen molar-refractivity contribution in [3.63, 3.8) is 0 Å². The molecule has 0 heterocycles. The van der Waals surface area contributed by atoms with E-state index in [1.54, 1.807) is 0 Å². The summed E-state index contributed by atoms with van der Waals surface area (Å²) in [5.41, 5.74) is 1.52. The molecule has 0 unspecified atom stereocenters. The quantitative estimate of drug-likeness (QED) is 0.442. The third-order valence-electron chi connectivity index (χ3n) is 3.45. The lowest BCUT2D eigenvalue weighted by atomic mass is 9.87. The van der Waals surface area contributed by atoms with Gasteiger partial charge in [0.25, 0.3) is 0 Å². The van der Waals surface area contributed by atoms with Crippen molar-refractivity contribution >= 4 is 0 Å². The molecular formula is C20H32O2. The summed E-state index contributed by atoms with van der Waals surface area (Å²) in [6.45, 7) is 12.3. The molecule has 0 N–H and O–H groups in total. The van der Waals surface area contributed by atoms with Crippen LogP contribution >= 0.6 is 0 Å². The Labute approximate surface area is 136 Å². The van der Waals surface area contributed by atoms with Gasteiger partial charge < -0.3 is 9.47 Å². The summed E-state index contributed by atoms with van der Waals surface area (Å²) in [4.78, 5) is 0. The van der Waals surface area contributed by atoms with Gasteiger partial charge in [-0.05, 0) is 56.2 Å². The average Bonchev–Trinajstić information content (AvgIpc) is 2.45. The molecule has 0 aliphatic carbocycles. The van der Waals surface area contributed by atoms with Crippen LogP contribution in [0.15, 0.2) is 36.4 Å². The van der Waals surface area contributed by atoms with Crippen LogP contribution in [-0.2, 0) is 10.2 Å². The second-order valence-electron chi connectivity index (χ2n) is 6.97. The summed E-state index contributed by atoms with van der Waals surface area (Å²) in [5, 5.41) is 0. The van der Waals surface area contributed by atoms with Gasteiger partial charge in [-0.1, -0.05) is 45.1 Å². The third-order valence-corrected chi connectivity index (χ3v) is 3.45. The molecular weight excluding hydrogens is 272 g/mol. The van der Waals surface area contributed by atoms with E-state index in [0.29, 0.717) is 12.7 Å². The number of benzene rings is 1. The van der Waals surface area contributed by atoms with Gasteiger partial charge in [0, 0.05) is 6.61 Å². The molecule has 0 radical (unpaired) electrons. The van der Waals surface area contributed by atoms with Gasteiger partial charge in [-0.25, -0.2) is 0 Å². The average molecular weight is 304 g/mol. The van der Waals surface area contributed by atoms with E-state index in [-0.39, 0.29) is 5.41 Å². The van der Waals surface area contributed by atoms with E-state index >= 15 is 0 Å². The molecule has 0 amide bonds. The molecule has 0 spiro atoms. The van der Waals surface area contributed by atoms with Gasteiger partial charge in [0.2, 0.25) is 0 Å². The second kappa shape index (κ2) is 9.68. The van der Waals surface area contributed by atoms with E-state index < -0.39 is 0 Å². The molecule has 0 fully saturated rings. The van der Waals surface area contributed by atoms with Crippen molar-refractivity contribution in [2.75, 3.05) is 13.2 Å². The molecule has 1 aromatic rings. The molecule has 0 atom stereocenters. The predicted molar refractivity (Wildman–Crippen MR) is 94.7 cm³/mol. The highest BCUT2D eigenvalue weighted by atomic mass is 16.5. The summed E-state index contributed by atoms with van der Waals surface area (Å²) >= 11 is 0. The first-order valence-corrected chi connectivity index (χ1v) is 8.39. The van der Waals surface area contributed by atoms with Gasteiger partial charge in [-0.15, -0.1) is 0 Å². The molecule has 1 rings (SSSR count). The highest BCUT2D eigenvalue weighted by molar-refractivity contribution is 5.31. The molecule has 0 bridgehead atoms. The lowest BCUT2D eigenvalue weighted by molar-refractivity contribution is 0.0762. The van der Waals surface area contributed by atoms with Crippen molar-refractivity contribution in [3.05, 3.63) is 42.0 Å². The van der Waals surface area contributed by atoms with E-state index in [0.717, 1.165) is 25.2 Å². The van der Waals surface area contributed by atoms with Crippen LogP contribution in [0.4, 0.5) is 0 Å². The first kappa shape index (κ1) is 18.8. The lowest BCUT2D eigenvalue weighted by Gasteiger charge is -2.19. The Hall–Kier alpha value is -1.28. The van der Waals surface area contributed by atoms with Gasteiger partial charge >= 0.3 is 0 Å². The van der Waals surface area contributed by atoms with Crippen molar-refractivity contribution in [2.24, 2.45) is 0 Å². The second-order valence-corrected chi connectivity index (χ2v) is 6.97. The first-order chi connectivity index (χ1) is 10.4. The number of hydrogen-bond acceptors (Lipinski definition) is 2. The highest BCUT2D eigenvalue weighted by Crippen LogP contribution is 2.24. The van der Waals surface area contributed by atoms with E-state index in [1.165, 1.54) is 12.0 Å². The predicted octanol–water partition coefficient (Wildman–Crippen LogP) is 5.51. The first-order valence-electron chi connectivity index (χ1n) is 8.39. The van der Waals surface area contributed by atoms with E-state index in [9.17, 15) is 0 Å². The standard InChI is InChI=1S/C20H32O2/c1-17(2)21-15-9-7-6-8-10-16-22-19-13-11-18(12-14-19)20(3,4)5/h8,10-14,17H,6-7,9,15-16H2,1-5H3. The van der Waals surface area contributed by atoms with Gasteiger partial charge in [0.1, 0.15) is 12.4 Å². The van der Waals surface area contributed by atoms with Crippen LogP contribution in [0, 0.1) is 0 Å². The Kier molecular flexibility index (Phi) is 8.26. The molecule has 0 aliphatic rings. The van der Waals surface area contributed by atoms with Gasteiger partial charge in [-0.2, -0.15) is 0 Å². The summed E-state index contributed by atoms with van der Waals surface area (Å²) in [6.07, 6.45) is 8.02. The van der Waals surface area contributed by atoms with Crippen LogP contribution in [0.25, 0.3) is 0 Å². The molecule has 2 heteroatoms. The number of ether oxygens (including phenoxy) is 2. The largest absolute Gasteiger partial charge is 0.490 e. The monoisotopic (exact) mass is 304 g/mol. The summed E-state index contributed by atoms with van der Waals surface area (Å²) < 4.78 is 11.2. The normalized spacial score (nSPS) is 12.3. The summed E-state index contributed by atoms with van der Waals surface area (Å²) in [5.74, 6) is 0.933. The molecule has 1 aromatic carbocycles. The molecule has 0 saturated carbocycles. The summed E-state index contributed by atoms with van der Waals surface area (Å²) in [6, 6.07) is 8.40.